The number of pyridine rings is 1. The lowest BCUT2D eigenvalue weighted by molar-refractivity contribution is 0.0573. The van der Waals surface area contributed by atoms with E-state index in [1.165, 1.54) is 5.56 Å². The number of aromatic nitrogens is 2. The average molecular weight is 492 g/mol. The maximum atomic E-state index is 5.83. The molecule has 10 heteroatoms. The highest BCUT2D eigenvalue weighted by Gasteiger charge is 2.46. The molecule has 3 aliphatic heterocycles. The first-order valence-electron chi connectivity index (χ1n) is 13.1. The summed E-state index contributed by atoms with van der Waals surface area (Å²) < 4.78 is 17.3. The van der Waals surface area contributed by atoms with Crippen LogP contribution in [0.25, 0.3) is 16.7 Å². The molecular formula is C27H31B3N4O3. The van der Waals surface area contributed by atoms with Crippen molar-refractivity contribution in [2.75, 3.05) is 25.2 Å². The van der Waals surface area contributed by atoms with Gasteiger partial charge in [0, 0.05) is 36.8 Å². The van der Waals surface area contributed by atoms with Crippen molar-refractivity contribution in [1.29, 1.82) is 0 Å². The van der Waals surface area contributed by atoms with E-state index in [9.17, 15) is 0 Å². The zero-order chi connectivity index (χ0) is 25.7. The third kappa shape index (κ3) is 4.02. The van der Waals surface area contributed by atoms with Crippen molar-refractivity contribution in [3.63, 3.8) is 0 Å². The van der Waals surface area contributed by atoms with Crippen LogP contribution in [0.15, 0.2) is 58.0 Å². The normalized spacial score (nSPS) is 20.3. The minimum absolute atomic E-state index is 0.0357. The molecule has 0 aliphatic carbocycles. The maximum absolute atomic E-state index is 5.83. The molecule has 1 unspecified atom stereocenters. The SMILES string of the molecule is BC(B)(B)c1onc(C)c1-c1cnc2c(c1)N([C@H](c1ccccc1)C1CCOCC1)C1C=NC(OC)=C21. The second-order valence-electron chi connectivity index (χ2n) is 11.2. The first-order valence-corrected chi connectivity index (χ1v) is 13.1. The van der Waals surface area contributed by atoms with Gasteiger partial charge in [0.25, 0.3) is 0 Å². The van der Waals surface area contributed by atoms with E-state index in [4.69, 9.17) is 19.0 Å². The molecular weight excluding hydrogens is 461 g/mol. The smallest absolute Gasteiger partial charge is 0.220 e. The number of nitrogens with zero attached hydrogens (tertiary/aromatic N) is 4. The second-order valence-corrected chi connectivity index (χ2v) is 11.2. The molecule has 7 nitrogen and oxygen atoms in total. The van der Waals surface area contributed by atoms with Gasteiger partial charge < -0.3 is 18.9 Å². The Labute approximate surface area is 220 Å². The second kappa shape index (κ2) is 9.24. The molecule has 3 aromatic rings. The number of aliphatic imine (C=N–C) groups is 1. The summed E-state index contributed by atoms with van der Waals surface area (Å²) in [6.45, 7) is 3.57. The van der Waals surface area contributed by atoms with Gasteiger partial charge in [-0.2, -0.15) is 0 Å². The number of benzene rings is 1. The quantitative estimate of drug-likeness (QED) is 0.490. The molecule has 37 heavy (non-hydrogen) atoms. The van der Waals surface area contributed by atoms with Crippen molar-refractivity contribution in [1.82, 2.24) is 10.1 Å². The highest BCUT2D eigenvalue weighted by Crippen LogP contribution is 2.51. The molecule has 0 amide bonds. The minimum Gasteiger partial charge on any atom is -0.481 e. The summed E-state index contributed by atoms with van der Waals surface area (Å²) in [7, 11) is 8.13. The van der Waals surface area contributed by atoms with E-state index < -0.39 is 0 Å². The Morgan fingerprint density at radius 3 is 2.59 bits per heavy atom. The van der Waals surface area contributed by atoms with Crippen molar-refractivity contribution in [3.8, 4) is 11.1 Å². The van der Waals surface area contributed by atoms with Crippen molar-refractivity contribution in [2.45, 2.75) is 37.0 Å². The van der Waals surface area contributed by atoms with Crippen molar-refractivity contribution < 1.29 is 14.0 Å². The molecule has 0 radical (unpaired) electrons. The van der Waals surface area contributed by atoms with Gasteiger partial charge in [0.2, 0.25) is 5.88 Å². The van der Waals surface area contributed by atoms with E-state index in [2.05, 4.69) is 75.0 Å². The van der Waals surface area contributed by atoms with E-state index >= 15 is 0 Å². The van der Waals surface area contributed by atoms with E-state index in [0.29, 0.717) is 11.8 Å². The van der Waals surface area contributed by atoms with E-state index in [-0.39, 0.29) is 17.2 Å². The summed E-state index contributed by atoms with van der Waals surface area (Å²) in [5.74, 6) is 1.96. The zero-order valence-electron chi connectivity index (χ0n) is 22.2. The van der Waals surface area contributed by atoms with Gasteiger partial charge in [-0.1, -0.05) is 40.6 Å². The Morgan fingerprint density at radius 2 is 1.89 bits per heavy atom. The van der Waals surface area contributed by atoms with E-state index in [1.54, 1.807) is 7.11 Å². The summed E-state index contributed by atoms with van der Waals surface area (Å²) in [6, 6.07) is 13.2. The van der Waals surface area contributed by atoms with Crippen LogP contribution >= 0.6 is 0 Å². The van der Waals surface area contributed by atoms with E-state index in [0.717, 1.165) is 65.6 Å². The summed E-state index contributed by atoms with van der Waals surface area (Å²) in [5, 5.41) is 4.15. The Morgan fingerprint density at radius 1 is 1.14 bits per heavy atom. The number of fused-ring (bicyclic) bond motifs is 3. The van der Waals surface area contributed by atoms with Gasteiger partial charge in [0.05, 0.1) is 65.4 Å². The third-order valence-corrected chi connectivity index (χ3v) is 7.74. The van der Waals surface area contributed by atoms with Crippen LogP contribution in [0.3, 0.4) is 0 Å². The molecule has 0 bridgehead atoms. The average Bonchev–Trinajstić information content (AvgIpc) is 3.58. The molecule has 0 N–H and O–H groups in total. The molecule has 0 saturated carbocycles. The molecule has 2 atom stereocenters. The van der Waals surface area contributed by atoms with Gasteiger partial charge in [-0.25, -0.2) is 4.99 Å². The van der Waals surface area contributed by atoms with Gasteiger partial charge in [-0.3, -0.25) is 4.98 Å². The van der Waals surface area contributed by atoms with Crippen LogP contribution in [0.1, 0.15) is 41.6 Å². The number of methoxy groups -OCH3 is 1. The number of anilines is 1. The molecule has 186 valence electrons. The standard InChI is InChI=1S/C27H31B3N4O3/c1-15-21(25(37-33-15)27(28,29)30)18-12-19-23(31-13-18)22-20(14-32-26(22)35-2)34(19)24(16-6-4-3-5-7-16)17-8-10-36-11-9-17/h3-7,12-14,17,20,24H,8-11,28-30H2,1-2H3/t20?,24-/m1/s1. The van der Waals surface area contributed by atoms with Crippen LogP contribution in [0.4, 0.5) is 5.69 Å². The molecule has 3 aliphatic rings. The lowest BCUT2D eigenvalue weighted by Gasteiger charge is -2.40. The molecule has 6 rings (SSSR count). The molecule has 0 spiro atoms. The van der Waals surface area contributed by atoms with Gasteiger partial charge in [-0.05, 0) is 37.3 Å². The Hall–Kier alpha value is -3.26. The van der Waals surface area contributed by atoms with Crippen molar-refractivity contribution in [2.24, 2.45) is 10.9 Å². The van der Waals surface area contributed by atoms with Crippen LogP contribution < -0.4 is 4.90 Å². The van der Waals surface area contributed by atoms with Crippen LogP contribution in [0.2, 0.25) is 0 Å². The Balaban J connectivity index is 1.55. The lowest BCUT2D eigenvalue weighted by Crippen LogP contribution is -2.41. The fraction of sp³-hybridized carbons (Fsp3) is 0.370. The van der Waals surface area contributed by atoms with Crippen molar-refractivity contribution in [3.05, 3.63) is 71.2 Å². The van der Waals surface area contributed by atoms with Gasteiger partial charge in [0.1, 0.15) is 5.76 Å². The number of aryl methyl sites for hydroxylation is 1. The Bertz CT molecular complexity index is 1380. The first kappa shape index (κ1) is 24.1. The fourth-order valence-corrected chi connectivity index (χ4v) is 6.05. The number of ether oxygens (including phenoxy) is 2. The van der Waals surface area contributed by atoms with Gasteiger partial charge in [-0.15, -0.1) is 0 Å². The molecule has 2 aromatic heterocycles. The van der Waals surface area contributed by atoms with Crippen molar-refractivity contribution >= 4 is 41.0 Å². The monoisotopic (exact) mass is 492 g/mol. The predicted molar refractivity (Wildman–Crippen MR) is 153 cm³/mol. The maximum Gasteiger partial charge on any atom is 0.220 e. The number of rotatable bonds is 6. The largest absolute Gasteiger partial charge is 0.481 e. The van der Waals surface area contributed by atoms with Gasteiger partial charge in [0.15, 0.2) is 0 Å². The van der Waals surface area contributed by atoms with Gasteiger partial charge >= 0.3 is 0 Å². The summed E-state index contributed by atoms with van der Waals surface area (Å²) in [5.41, 5.74) is 7.28. The topological polar surface area (TPSA) is 73.0 Å². The molecule has 1 aromatic carbocycles. The van der Waals surface area contributed by atoms with Crippen LogP contribution in [-0.4, -0.2) is 66.3 Å². The molecule has 5 heterocycles. The lowest BCUT2D eigenvalue weighted by atomic mass is 9.41. The summed E-state index contributed by atoms with van der Waals surface area (Å²) in [4.78, 5) is 12.2. The summed E-state index contributed by atoms with van der Waals surface area (Å²) >= 11 is 0. The highest BCUT2D eigenvalue weighted by molar-refractivity contribution is 6.59. The first-order chi connectivity index (χ1) is 17.9. The summed E-state index contributed by atoms with van der Waals surface area (Å²) in [6.07, 6.45) is 5.98. The number of hydrogen-bond acceptors (Lipinski definition) is 7. The zero-order valence-corrected chi connectivity index (χ0v) is 22.2. The minimum atomic E-state index is -0.182. The number of hydrogen-bond donors (Lipinski definition) is 0. The predicted octanol–water partition coefficient (Wildman–Crippen LogP) is 1.81. The third-order valence-electron chi connectivity index (χ3n) is 7.74. The molecule has 1 saturated heterocycles. The fourth-order valence-electron chi connectivity index (χ4n) is 6.05. The van der Waals surface area contributed by atoms with Crippen LogP contribution in [0.5, 0.6) is 0 Å². The molecule has 1 fully saturated rings. The Kier molecular flexibility index (Phi) is 6.02. The highest BCUT2D eigenvalue weighted by atomic mass is 16.5. The van der Waals surface area contributed by atoms with Crippen LogP contribution in [-0.2, 0) is 14.6 Å². The van der Waals surface area contributed by atoms with E-state index in [1.807, 2.05) is 19.3 Å². The van der Waals surface area contributed by atoms with Crippen LogP contribution in [0, 0.1) is 12.8 Å².